The summed E-state index contributed by atoms with van der Waals surface area (Å²) in [5, 5.41) is 0. The van der Waals surface area contributed by atoms with Gasteiger partial charge in [-0.15, -0.1) is 0 Å². The van der Waals surface area contributed by atoms with Crippen LogP contribution in [0.3, 0.4) is 0 Å². The van der Waals surface area contributed by atoms with E-state index in [9.17, 15) is 0 Å². The third-order valence-electron chi connectivity index (χ3n) is 3.09. The number of aryl methyl sites for hydroxylation is 1. The second-order valence-corrected chi connectivity index (χ2v) is 4.99. The lowest BCUT2D eigenvalue weighted by atomic mass is 10.1. The molecule has 0 atom stereocenters. The Morgan fingerprint density at radius 2 is 1.82 bits per heavy atom. The van der Waals surface area contributed by atoms with Gasteiger partial charge in [-0.1, -0.05) is 46.5 Å². The van der Waals surface area contributed by atoms with Gasteiger partial charge in [0.1, 0.15) is 11.6 Å². The highest BCUT2D eigenvalue weighted by atomic mass is 15.4. The molecule has 1 rings (SSSR count). The SMILES string of the molecule is CCCCCCCc1nc(C(C)C)n(N)c1N. The zero-order valence-electron chi connectivity index (χ0n) is 11.4. The van der Waals surface area contributed by atoms with Crippen LogP contribution in [0.15, 0.2) is 0 Å². The third kappa shape index (κ3) is 3.65. The lowest BCUT2D eigenvalue weighted by molar-refractivity contribution is 0.628. The highest BCUT2D eigenvalue weighted by Crippen LogP contribution is 2.20. The fourth-order valence-electron chi connectivity index (χ4n) is 2.00. The molecule has 0 aliphatic carbocycles. The Morgan fingerprint density at radius 1 is 1.18 bits per heavy atom. The van der Waals surface area contributed by atoms with E-state index in [2.05, 4.69) is 25.8 Å². The average Bonchev–Trinajstić information content (AvgIpc) is 2.57. The Labute approximate surface area is 104 Å². The van der Waals surface area contributed by atoms with Gasteiger partial charge < -0.3 is 11.6 Å². The second-order valence-electron chi connectivity index (χ2n) is 4.99. The summed E-state index contributed by atoms with van der Waals surface area (Å²) in [4.78, 5) is 4.54. The zero-order chi connectivity index (χ0) is 12.8. The lowest BCUT2D eigenvalue weighted by Crippen LogP contribution is -2.16. The summed E-state index contributed by atoms with van der Waals surface area (Å²) < 4.78 is 1.53. The summed E-state index contributed by atoms with van der Waals surface area (Å²) in [6.45, 7) is 6.38. The first kappa shape index (κ1) is 13.9. The molecule has 0 saturated heterocycles. The summed E-state index contributed by atoms with van der Waals surface area (Å²) in [7, 11) is 0. The molecule has 0 spiro atoms. The Kier molecular flexibility index (Phi) is 5.32. The van der Waals surface area contributed by atoms with Crippen LogP contribution >= 0.6 is 0 Å². The predicted molar refractivity (Wildman–Crippen MR) is 73.3 cm³/mol. The molecule has 0 aliphatic rings. The Bertz CT molecular complexity index is 341. The van der Waals surface area contributed by atoms with Crippen LogP contribution in [-0.4, -0.2) is 9.66 Å². The molecule has 0 fully saturated rings. The lowest BCUT2D eigenvalue weighted by Gasteiger charge is -2.04. The Balaban J connectivity index is 2.51. The van der Waals surface area contributed by atoms with Gasteiger partial charge in [0.2, 0.25) is 0 Å². The molecule has 17 heavy (non-hydrogen) atoms. The minimum Gasteiger partial charge on any atom is -0.382 e. The number of hydrogen-bond acceptors (Lipinski definition) is 3. The molecule has 1 aromatic rings. The van der Waals surface area contributed by atoms with Crippen molar-refractivity contribution >= 4 is 5.82 Å². The van der Waals surface area contributed by atoms with Gasteiger partial charge in [-0.2, -0.15) is 0 Å². The number of rotatable bonds is 7. The minimum atomic E-state index is 0.316. The summed E-state index contributed by atoms with van der Waals surface area (Å²) in [6.07, 6.45) is 7.24. The second kappa shape index (κ2) is 6.52. The van der Waals surface area contributed by atoms with Crippen molar-refractivity contribution in [2.24, 2.45) is 0 Å². The van der Waals surface area contributed by atoms with E-state index in [0.717, 1.165) is 24.4 Å². The molecule has 4 heteroatoms. The molecular weight excluding hydrogens is 212 g/mol. The van der Waals surface area contributed by atoms with E-state index in [1.165, 1.54) is 30.4 Å². The van der Waals surface area contributed by atoms with Gasteiger partial charge in [0.15, 0.2) is 0 Å². The third-order valence-corrected chi connectivity index (χ3v) is 3.09. The fourth-order valence-corrected chi connectivity index (χ4v) is 2.00. The molecule has 1 aromatic heterocycles. The van der Waals surface area contributed by atoms with Crippen LogP contribution in [0.2, 0.25) is 0 Å². The molecule has 0 bridgehead atoms. The van der Waals surface area contributed by atoms with Gasteiger partial charge in [-0.3, -0.25) is 0 Å². The topological polar surface area (TPSA) is 69.9 Å². The highest BCUT2D eigenvalue weighted by Gasteiger charge is 2.14. The van der Waals surface area contributed by atoms with Gasteiger partial charge in [-0.05, 0) is 12.8 Å². The summed E-state index contributed by atoms with van der Waals surface area (Å²) in [5.41, 5.74) is 6.92. The number of hydrogen-bond donors (Lipinski definition) is 2. The Hall–Kier alpha value is -1.19. The van der Waals surface area contributed by atoms with Crippen LogP contribution < -0.4 is 11.6 Å². The number of aromatic nitrogens is 2. The van der Waals surface area contributed by atoms with Crippen molar-refractivity contribution in [3.8, 4) is 0 Å². The van der Waals surface area contributed by atoms with Gasteiger partial charge in [-0.25, -0.2) is 9.66 Å². The molecular formula is C13H26N4. The minimum absolute atomic E-state index is 0.316. The summed E-state index contributed by atoms with van der Waals surface area (Å²) in [6, 6.07) is 0. The first-order valence-electron chi connectivity index (χ1n) is 6.70. The van der Waals surface area contributed by atoms with Crippen molar-refractivity contribution in [2.75, 3.05) is 11.6 Å². The molecule has 0 radical (unpaired) electrons. The predicted octanol–water partition coefficient (Wildman–Crippen LogP) is 2.82. The first-order chi connectivity index (χ1) is 8.07. The maximum Gasteiger partial charge on any atom is 0.145 e. The monoisotopic (exact) mass is 238 g/mol. The number of nitrogens with two attached hydrogens (primary N) is 2. The average molecular weight is 238 g/mol. The first-order valence-corrected chi connectivity index (χ1v) is 6.70. The summed E-state index contributed by atoms with van der Waals surface area (Å²) in [5.74, 6) is 7.71. The number of anilines is 1. The van der Waals surface area contributed by atoms with E-state index < -0.39 is 0 Å². The molecule has 0 aromatic carbocycles. The Morgan fingerprint density at radius 3 is 2.35 bits per heavy atom. The van der Waals surface area contributed by atoms with E-state index >= 15 is 0 Å². The number of unbranched alkanes of at least 4 members (excludes halogenated alkanes) is 4. The molecule has 0 aliphatic heterocycles. The number of nitrogens with zero attached hydrogens (tertiary/aromatic N) is 2. The van der Waals surface area contributed by atoms with Gasteiger partial charge in [0.05, 0.1) is 5.69 Å². The van der Waals surface area contributed by atoms with Crippen LogP contribution in [0.1, 0.15) is 70.3 Å². The van der Waals surface area contributed by atoms with Crippen molar-refractivity contribution in [1.82, 2.24) is 9.66 Å². The fraction of sp³-hybridized carbons (Fsp3) is 0.769. The van der Waals surface area contributed by atoms with Gasteiger partial charge >= 0.3 is 0 Å². The van der Waals surface area contributed by atoms with Crippen LogP contribution in [-0.2, 0) is 6.42 Å². The molecule has 4 nitrogen and oxygen atoms in total. The largest absolute Gasteiger partial charge is 0.382 e. The van der Waals surface area contributed by atoms with Crippen LogP contribution in [0, 0.1) is 0 Å². The summed E-state index contributed by atoms with van der Waals surface area (Å²) >= 11 is 0. The maximum absolute atomic E-state index is 5.96. The van der Waals surface area contributed by atoms with Crippen molar-refractivity contribution in [3.63, 3.8) is 0 Å². The standard InChI is InChI=1S/C13H26N4/c1-4-5-6-7-8-9-11-12(14)17(15)13(16-11)10(2)3/h10H,4-9,14-15H2,1-3H3. The van der Waals surface area contributed by atoms with E-state index in [0.29, 0.717) is 11.7 Å². The number of imidazole rings is 1. The van der Waals surface area contributed by atoms with E-state index in [1.54, 1.807) is 0 Å². The zero-order valence-corrected chi connectivity index (χ0v) is 11.4. The molecule has 0 unspecified atom stereocenters. The van der Waals surface area contributed by atoms with Gasteiger partial charge in [0, 0.05) is 5.92 Å². The van der Waals surface area contributed by atoms with Crippen molar-refractivity contribution in [1.29, 1.82) is 0 Å². The number of nitrogen functional groups attached to an aromatic ring is 2. The van der Waals surface area contributed by atoms with Crippen LogP contribution in [0.5, 0.6) is 0 Å². The highest BCUT2D eigenvalue weighted by molar-refractivity contribution is 5.39. The molecule has 1 heterocycles. The van der Waals surface area contributed by atoms with E-state index in [-0.39, 0.29) is 0 Å². The maximum atomic E-state index is 5.96. The van der Waals surface area contributed by atoms with Crippen molar-refractivity contribution in [3.05, 3.63) is 11.5 Å². The smallest absolute Gasteiger partial charge is 0.145 e. The van der Waals surface area contributed by atoms with Gasteiger partial charge in [0.25, 0.3) is 0 Å². The molecule has 0 amide bonds. The molecule has 0 saturated carbocycles. The molecule has 98 valence electrons. The molecule has 4 N–H and O–H groups in total. The normalized spacial score (nSPS) is 11.3. The van der Waals surface area contributed by atoms with Crippen LogP contribution in [0.4, 0.5) is 5.82 Å². The van der Waals surface area contributed by atoms with Crippen LogP contribution in [0.25, 0.3) is 0 Å². The quantitative estimate of drug-likeness (QED) is 0.567. The van der Waals surface area contributed by atoms with Crippen molar-refractivity contribution < 1.29 is 0 Å². The van der Waals surface area contributed by atoms with E-state index in [1.807, 2.05) is 0 Å². The van der Waals surface area contributed by atoms with E-state index in [4.69, 9.17) is 11.6 Å². The van der Waals surface area contributed by atoms with Crippen molar-refractivity contribution in [2.45, 2.75) is 65.2 Å².